The number of hydrogen-bond donors (Lipinski definition) is 1. The molecule has 0 unspecified atom stereocenters. The Hall–Kier alpha value is -2.30. The molecule has 7 heteroatoms. The van der Waals surface area contributed by atoms with E-state index in [-0.39, 0.29) is 6.54 Å². The van der Waals surface area contributed by atoms with E-state index >= 15 is 0 Å². The van der Waals surface area contributed by atoms with Crippen LogP contribution in [-0.4, -0.2) is 8.42 Å². The Morgan fingerprint density at radius 2 is 1.76 bits per heavy atom. The van der Waals surface area contributed by atoms with Gasteiger partial charge in [-0.15, -0.1) is 0 Å². The summed E-state index contributed by atoms with van der Waals surface area (Å²) < 4.78 is 52.5. The van der Waals surface area contributed by atoms with Crippen LogP contribution >= 0.6 is 0 Å². The number of sulfonamides is 1. The van der Waals surface area contributed by atoms with E-state index in [1.165, 1.54) is 12.1 Å². The van der Waals surface area contributed by atoms with Crippen LogP contribution in [0.15, 0.2) is 47.4 Å². The summed E-state index contributed by atoms with van der Waals surface area (Å²) in [5, 5.41) is 8.65. The molecule has 0 atom stereocenters. The molecule has 21 heavy (non-hydrogen) atoms. The van der Waals surface area contributed by atoms with Crippen molar-refractivity contribution in [3.8, 4) is 6.07 Å². The maximum absolute atomic E-state index is 13.5. The highest BCUT2D eigenvalue weighted by atomic mass is 32.2. The van der Waals surface area contributed by atoms with Crippen LogP contribution in [0.3, 0.4) is 0 Å². The molecule has 0 saturated heterocycles. The van der Waals surface area contributed by atoms with E-state index in [0.29, 0.717) is 17.2 Å². The van der Waals surface area contributed by atoms with Crippen molar-refractivity contribution in [3.63, 3.8) is 0 Å². The minimum Gasteiger partial charge on any atom is -0.207 e. The van der Waals surface area contributed by atoms with E-state index in [4.69, 9.17) is 5.26 Å². The topological polar surface area (TPSA) is 70.0 Å². The smallest absolute Gasteiger partial charge is 0.207 e. The van der Waals surface area contributed by atoms with Gasteiger partial charge in [0.05, 0.1) is 11.6 Å². The van der Waals surface area contributed by atoms with Gasteiger partial charge in [0.2, 0.25) is 10.0 Å². The first-order valence-electron chi connectivity index (χ1n) is 5.86. The predicted octanol–water partition coefficient (Wildman–Crippen LogP) is 2.31. The molecule has 0 amide bonds. The van der Waals surface area contributed by atoms with Gasteiger partial charge in [0.1, 0.15) is 16.5 Å². The van der Waals surface area contributed by atoms with E-state index in [0.717, 1.165) is 12.1 Å². The van der Waals surface area contributed by atoms with Crippen molar-refractivity contribution in [3.05, 3.63) is 65.2 Å². The number of nitrogens with zero attached hydrogens (tertiary/aromatic N) is 1. The van der Waals surface area contributed by atoms with Crippen LogP contribution in [0, 0.1) is 23.0 Å². The lowest BCUT2D eigenvalue weighted by molar-refractivity contribution is 0.545. The SMILES string of the molecule is N#Cc1ccc(CNS(=O)(=O)c2cc(F)ccc2F)cc1. The second-order valence-electron chi connectivity index (χ2n) is 4.21. The van der Waals surface area contributed by atoms with E-state index < -0.39 is 26.6 Å². The van der Waals surface area contributed by atoms with Crippen molar-refractivity contribution in [2.45, 2.75) is 11.4 Å². The summed E-state index contributed by atoms with van der Waals surface area (Å²) in [6.07, 6.45) is 0. The molecular weight excluding hydrogens is 298 g/mol. The molecule has 2 aromatic rings. The van der Waals surface area contributed by atoms with Crippen LogP contribution < -0.4 is 4.72 Å². The van der Waals surface area contributed by atoms with Crippen LogP contribution in [0.4, 0.5) is 8.78 Å². The normalized spacial score (nSPS) is 11.1. The molecule has 1 N–H and O–H groups in total. The van der Waals surface area contributed by atoms with E-state index in [1.807, 2.05) is 6.07 Å². The zero-order chi connectivity index (χ0) is 15.5. The fraction of sp³-hybridized carbons (Fsp3) is 0.0714. The molecule has 0 bridgehead atoms. The van der Waals surface area contributed by atoms with Gasteiger partial charge in [-0.3, -0.25) is 0 Å². The van der Waals surface area contributed by atoms with E-state index in [2.05, 4.69) is 4.72 Å². The lowest BCUT2D eigenvalue weighted by atomic mass is 10.1. The second-order valence-corrected chi connectivity index (χ2v) is 5.94. The third-order valence-electron chi connectivity index (χ3n) is 2.73. The first-order valence-corrected chi connectivity index (χ1v) is 7.34. The molecule has 0 aliphatic rings. The molecule has 0 heterocycles. The molecule has 108 valence electrons. The highest BCUT2D eigenvalue weighted by molar-refractivity contribution is 7.89. The molecule has 0 aromatic heterocycles. The summed E-state index contributed by atoms with van der Waals surface area (Å²) >= 11 is 0. The summed E-state index contributed by atoms with van der Waals surface area (Å²) in [6.45, 7) is -0.0933. The highest BCUT2D eigenvalue weighted by Gasteiger charge is 2.19. The van der Waals surface area contributed by atoms with Crippen molar-refractivity contribution >= 4 is 10.0 Å². The molecule has 4 nitrogen and oxygen atoms in total. The summed E-state index contributed by atoms with van der Waals surface area (Å²) in [4.78, 5) is -0.740. The van der Waals surface area contributed by atoms with Crippen LogP contribution in [0.1, 0.15) is 11.1 Å². The molecule has 2 rings (SSSR count). The van der Waals surface area contributed by atoms with Crippen molar-refractivity contribution < 1.29 is 17.2 Å². The van der Waals surface area contributed by atoms with Crippen molar-refractivity contribution in [1.82, 2.24) is 4.72 Å². The first-order chi connectivity index (χ1) is 9.92. The lowest BCUT2D eigenvalue weighted by Crippen LogP contribution is -2.24. The van der Waals surface area contributed by atoms with Crippen LogP contribution in [0.25, 0.3) is 0 Å². The minimum absolute atomic E-state index is 0.0933. The van der Waals surface area contributed by atoms with Crippen molar-refractivity contribution in [2.24, 2.45) is 0 Å². The largest absolute Gasteiger partial charge is 0.243 e. The Morgan fingerprint density at radius 1 is 1.10 bits per heavy atom. The summed E-state index contributed by atoms with van der Waals surface area (Å²) in [6, 6.07) is 10.4. The monoisotopic (exact) mass is 308 g/mol. The molecule has 0 radical (unpaired) electrons. The Kier molecular flexibility index (Phi) is 4.31. The number of benzene rings is 2. The molecule has 0 fully saturated rings. The Morgan fingerprint density at radius 3 is 2.38 bits per heavy atom. The fourth-order valence-electron chi connectivity index (χ4n) is 1.64. The lowest BCUT2D eigenvalue weighted by Gasteiger charge is -2.08. The first kappa shape index (κ1) is 15.1. The van der Waals surface area contributed by atoms with Gasteiger partial charge in [0, 0.05) is 6.54 Å². The zero-order valence-corrected chi connectivity index (χ0v) is 11.5. The quantitative estimate of drug-likeness (QED) is 0.942. The van der Waals surface area contributed by atoms with Gasteiger partial charge in [-0.05, 0) is 35.9 Å². The Labute approximate surface area is 120 Å². The average Bonchev–Trinajstić information content (AvgIpc) is 2.48. The summed E-state index contributed by atoms with van der Waals surface area (Å²) in [7, 11) is -4.16. The van der Waals surface area contributed by atoms with E-state index in [9.17, 15) is 17.2 Å². The van der Waals surface area contributed by atoms with E-state index in [1.54, 1.807) is 12.1 Å². The Bertz CT molecular complexity index is 797. The Balaban J connectivity index is 2.17. The maximum Gasteiger partial charge on any atom is 0.243 e. The zero-order valence-electron chi connectivity index (χ0n) is 10.7. The van der Waals surface area contributed by atoms with Crippen molar-refractivity contribution in [1.29, 1.82) is 5.26 Å². The summed E-state index contributed by atoms with van der Waals surface area (Å²) in [5.41, 5.74) is 1.03. The van der Waals surface area contributed by atoms with Gasteiger partial charge in [-0.2, -0.15) is 5.26 Å². The number of nitrogens with one attached hydrogen (secondary N) is 1. The number of halogens is 2. The molecule has 2 aromatic carbocycles. The molecule has 0 aliphatic carbocycles. The predicted molar refractivity (Wildman–Crippen MR) is 71.5 cm³/mol. The number of nitriles is 1. The standard InChI is InChI=1S/C14H10F2N2O2S/c15-12-5-6-13(16)14(7-12)21(19,20)18-9-11-3-1-10(8-17)2-4-11/h1-7,18H,9H2. The fourth-order valence-corrected chi connectivity index (χ4v) is 2.74. The second kappa shape index (κ2) is 5.99. The molecule has 0 aliphatic heterocycles. The minimum atomic E-state index is -4.16. The van der Waals surface area contributed by atoms with Gasteiger partial charge >= 0.3 is 0 Å². The summed E-state index contributed by atoms with van der Waals surface area (Å²) in [5.74, 6) is -1.86. The van der Waals surface area contributed by atoms with Crippen LogP contribution in [-0.2, 0) is 16.6 Å². The van der Waals surface area contributed by atoms with Crippen LogP contribution in [0.5, 0.6) is 0 Å². The third-order valence-corrected chi connectivity index (χ3v) is 4.15. The van der Waals surface area contributed by atoms with Gasteiger partial charge in [0.15, 0.2) is 0 Å². The highest BCUT2D eigenvalue weighted by Crippen LogP contribution is 2.16. The van der Waals surface area contributed by atoms with Gasteiger partial charge in [-0.1, -0.05) is 12.1 Å². The van der Waals surface area contributed by atoms with Gasteiger partial charge < -0.3 is 0 Å². The van der Waals surface area contributed by atoms with Crippen LogP contribution in [0.2, 0.25) is 0 Å². The molecule has 0 spiro atoms. The third kappa shape index (κ3) is 3.62. The van der Waals surface area contributed by atoms with Gasteiger partial charge in [-0.25, -0.2) is 21.9 Å². The molecular formula is C14H10F2N2O2S. The average molecular weight is 308 g/mol. The van der Waals surface area contributed by atoms with Gasteiger partial charge in [0.25, 0.3) is 0 Å². The maximum atomic E-state index is 13.5. The van der Waals surface area contributed by atoms with Crippen molar-refractivity contribution in [2.75, 3.05) is 0 Å². The number of hydrogen-bond acceptors (Lipinski definition) is 3. The number of rotatable bonds is 4. The molecule has 0 saturated carbocycles.